The molecule has 0 aliphatic rings. The quantitative estimate of drug-likeness (QED) is 0.763. The Kier molecular flexibility index (Phi) is 4.65. The molecule has 128 valence electrons. The number of fused-ring (bicyclic) bond motifs is 1. The second-order valence-corrected chi connectivity index (χ2v) is 6.22. The number of hydrogen-bond donors (Lipinski definition) is 2. The van der Waals surface area contributed by atoms with Crippen LogP contribution in [0.3, 0.4) is 0 Å². The number of nitrogens with one attached hydrogen (secondary N) is 1. The SMILES string of the molecule is CCCNC(=O)c1nnc2c(-c3ccc(C)c(C)c3)cccc2c1N. The molecular weight excluding hydrogens is 312 g/mol. The van der Waals surface area contributed by atoms with Crippen LogP contribution in [0.15, 0.2) is 36.4 Å². The van der Waals surface area contributed by atoms with Crippen molar-refractivity contribution < 1.29 is 4.79 Å². The van der Waals surface area contributed by atoms with Crippen LogP contribution in [0.5, 0.6) is 0 Å². The summed E-state index contributed by atoms with van der Waals surface area (Å²) in [6.07, 6.45) is 0.851. The van der Waals surface area contributed by atoms with Crippen molar-refractivity contribution in [3.05, 3.63) is 53.2 Å². The summed E-state index contributed by atoms with van der Waals surface area (Å²) >= 11 is 0. The first-order chi connectivity index (χ1) is 12.0. The molecule has 0 saturated carbocycles. The van der Waals surface area contributed by atoms with Gasteiger partial charge in [-0.2, -0.15) is 0 Å². The number of aromatic nitrogens is 2. The van der Waals surface area contributed by atoms with Crippen LogP contribution in [0.25, 0.3) is 22.0 Å². The van der Waals surface area contributed by atoms with Crippen molar-refractivity contribution in [1.82, 2.24) is 15.5 Å². The lowest BCUT2D eigenvalue weighted by atomic mass is 9.98. The fraction of sp³-hybridized carbons (Fsp3) is 0.250. The third-order valence-corrected chi connectivity index (χ3v) is 4.40. The molecule has 0 spiro atoms. The smallest absolute Gasteiger partial charge is 0.273 e. The number of nitrogens with two attached hydrogens (primary N) is 1. The zero-order valence-electron chi connectivity index (χ0n) is 14.8. The Balaban J connectivity index is 2.12. The summed E-state index contributed by atoms with van der Waals surface area (Å²) in [5.74, 6) is -0.287. The number of nitrogen functional groups attached to an aromatic ring is 1. The molecule has 3 aromatic rings. The van der Waals surface area contributed by atoms with Gasteiger partial charge in [0.2, 0.25) is 0 Å². The van der Waals surface area contributed by atoms with E-state index in [-0.39, 0.29) is 11.6 Å². The molecule has 0 fully saturated rings. The lowest BCUT2D eigenvalue weighted by Gasteiger charge is -2.11. The van der Waals surface area contributed by atoms with Crippen molar-refractivity contribution in [3.63, 3.8) is 0 Å². The third kappa shape index (κ3) is 3.18. The highest BCUT2D eigenvalue weighted by Gasteiger charge is 2.17. The highest BCUT2D eigenvalue weighted by Crippen LogP contribution is 2.31. The van der Waals surface area contributed by atoms with Crippen LogP contribution in [0.2, 0.25) is 0 Å². The van der Waals surface area contributed by atoms with Crippen LogP contribution in [0.1, 0.15) is 35.0 Å². The number of rotatable bonds is 4. The number of hydrogen-bond acceptors (Lipinski definition) is 4. The fourth-order valence-electron chi connectivity index (χ4n) is 2.78. The zero-order chi connectivity index (χ0) is 18.0. The summed E-state index contributed by atoms with van der Waals surface area (Å²) in [6, 6.07) is 12.1. The number of benzene rings is 2. The van der Waals surface area contributed by atoms with E-state index in [4.69, 9.17) is 5.73 Å². The Labute approximate surface area is 147 Å². The Hall–Kier alpha value is -2.95. The second-order valence-electron chi connectivity index (χ2n) is 6.22. The van der Waals surface area contributed by atoms with Gasteiger partial charge in [0.05, 0.1) is 5.69 Å². The van der Waals surface area contributed by atoms with Gasteiger partial charge in [-0.05, 0) is 37.0 Å². The molecule has 0 radical (unpaired) electrons. The first-order valence-electron chi connectivity index (χ1n) is 8.43. The summed E-state index contributed by atoms with van der Waals surface area (Å²) in [7, 11) is 0. The van der Waals surface area contributed by atoms with Crippen molar-refractivity contribution in [2.24, 2.45) is 0 Å². The minimum Gasteiger partial charge on any atom is -0.396 e. The molecule has 1 heterocycles. The van der Waals surface area contributed by atoms with Crippen molar-refractivity contribution in [1.29, 1.82) is 0 Å². The van der Waals surface area contributed by atoms with Gasteiger partial charge in [0.15, 0.2) is 5.69 Å². The highest BCUT2D eigenvalue weighted by atomic mass is 16.1. The van der Waals surface area contributed by atoms with E-state index in [0.29, 0.717) is 17.7 Å². The van der Waals surface area contributed by atoms with Crippen LogP contribution < -0.4 is 11.1 Å². The molecule has 0 saturated heterocycles. The van der Waals surface area contributed by atoms with E-state index in [0.717, 1.165) is 22.9 Å². The fourth-order valence-corrected chi connectivity index (χ4v) is 2.78. The lowest BCUT2D eigenvalue weighted by Crippen LogP contribution is -2.26. The van der Waals surface area contributed by atoms with Gasteiger partial charge in [-0.15, -0.1) is 10.2 Å². The van der Waals surface area contributed by atoms with E-state index in [2.05, 4.69) is 47.6 Å². The van der Waals surface area contributed by atoms with Gasteiger partial charge in [-0.1, -0.05) is 43.3 Å². The zero-order valence-corrected chi connectivity index (χ0v) is 14.8. The van der Waals surface area contributed by atoms with Gasteiger partial charge in [0, 0.05) is 17.5 Å². The minimum atomic E-state index is -0.287. The number of carbonyl (C=O) groups excluding carboxylic acids is 1. The van der Waals surface area contributed by atoms with Gasteiger partial charge in [0.1, 0.15) is 5.52 Å². The summed E-state index contributed by atoms with van der Waals surface area (Å²) in [5, 5.41) is 11.9. The number of aryl methyl sites for hydroxylation is 2. The highest BCUT2D eigenvalue weighted by molar-refractivity contribution is 6.07. The minimum absolute atomic E-state index is 0.179. The van der Waals surface area contributed by atoms with Crippen LogP contribution in [-0.4, -0.2) is 22.6 Å². The third-order valence-electron chi connectivity index (χ3n) is 4.40. The van der Waals surface area contributed by atoms with Crippen LogP contribution in [0, 0.1) is 13.8 Å². The lowest BCUT2D eigenvalue weighted by molar-refractivity contribution is 0.0949. The molecule has 5 heteroatoms. The Morgan fingerprint density at radius 1 is 1.12 bits per heavy atom. The number of nitrogens with zero attached hydrogens (tertiary/aromatic N) is 2. The topological polar surface area (TPSA) is 80.9 Å². The van der Waals surface area contributed by atoms with Crippen molar-refractivity contribution >= 4 is 22.5 Å². The molecule has 1 aromatic heterocycles. The largest absolute Gasteiger partial charge is 0.396 e. The molecular formula is C20H22N4O. The summed E-state index contributed by atoms with van der Waals surface area (Å²) in [5.41, 5.74) is 12.0. The van der Waals surface area contributed by atoms with Crippen molar-refractivity contribution in [3.8, 4) is 11.1 Å². The summed E-state index contributed by atoms with van der Waals surface area (Å²) in [6.45, 7) is 6.74. The normalized spacial score (nSPS) is 10.8. The number of amides is 1. The molecule has 25 heavy (non-hydrogen) atoms. The molecule has 0 bridgehead atoms. The van der Waals surface area contributed by atoms with Crippen molar-refractivity contribution in [2.45, 2.75) is 27.2 Å². The number of anilines is 1. The van der Waals surface area contributed by atoms with E-state index in [1.807, 2.05) is 25.1 Å². The maximum atomic E-state index is 12.2. The van der Waals surface area contributed by atoms with Gasteiger partial charge in [-0.25, -0.2) is 0 Å². The van der Waals surface area contributed by atoms with Crippen LogP contribution in [-0.2, 0) is 0 Å². The van der Waals surface area contributed by atoms with E-state index in [1.165, 1.54) is 11.1 Å². The molecule has 2 aromatic carbocycles. The predicted octanol–water partition coefficient (Wildman–Crippen LogP) is 3.64. The molecule has 0 unspecified atom stereocenters. The molecule has 0 aliphatic heterocycles. The second kappa shape index (κ2) is 6.89. The number of carbonyl (C=O) groups is 1. The monoisotopic (exact) mass is 334 g/mol. The maximum absolute atomic E-state index is 12.2. The molecule has 1 amide bonds. The summed E-state index contributed by atoms with van der Waals surface area (Å²) in [4.78, 5) is 12.2. The molecule has 0 aliphatic carbocycles. The average Bonchev–Trinajstić information content (AvgIpc) is 2.62. The van der Waals surface area contributed by atoms with E-state index in [9.17, 15) is 4.79 Å². The van der Waals surface area contributed by atoms with Gasteiger partial charge < -0.3 is 11.1 Å². The summed E-state index contributed by atoms with van der Waals surface area (Å²) < 4.78 is 0. The van der Waals surface area contributed by atoms with Crippen LogP contribution >= 0.6 is 0 Å². The predicted molar refractivity (Wildman–Crippen MR) is 101 cm³/mol. The van der Waals surface area contributed by atoms with Gasteiger partial charge in [0.25, 0.3) is 5.91 Å². The van der Waals surface area contributed by atoms with Gasteiger partial charge >= 0.3 is 0 Å². The van der Waals surface area contributed by atoms with E-state index < -0.39 is 0 Å². The maximum Gasteiger partial charge on any atom is 0.273 e. The molecule has 3 rings (SSSR count). The van der Waals surface area contributed by atoms with Crippen LogP contribution in [0.4, 0.5) is 5.69 Å². The molecule has 5 nitrogen and oxygen atoms in total. The molecule has 0 atom stereocenters. The van der Waals surface area contributed by atoms with Crippen molar-refractivity contribution in [2.75, 3.05) is 12.3 Å². The van der Waals surface area contributed by atoms with Gasteiger partial charge in [-0.3, -0.25) is 4.79 Å². The average molecular weight is 334 g/mol. The first kappa shape index (κ1) is 16.9. The Bertz CT molecular complexity index is 950. The Morgan fingerprint density at radius 2 is 1.92 bits per heavy atom. The first-order valence-corrected chi connectivity index (χ1v) is 8.43. The molecule has 3 N–H and O–H groups in total. The van der Waals surface area contributed by atoms with E-state index in [1.54, 1.807) is 0 Å². The Morgan fingerprint density at radius 3 is 2.64 bits per heavy atom. The standard InChI is InChI=1S/C20H22N4O/c1-4-10-22-20(25)19-17(21)16-7-5-6-15(18(16)23-24-19)14-9-8-12(2)13(3)11-14/h5-9,11H,4,10H2,1-3H3,(H2,21,23)(H,22,25). The van der Waals surface area contributed by atoms with E-state index >= 15 is 0 Å².